The van der Waals surface area contributed by atoms with Crippen LogP contribution in [0.25, 0.3) is 0 Å². The Labute approximate surface area is 354 Å². The van der Waals surface area contributed by atoms with Gasteiger partial charge in [-0.3, -0.25) is 0 Å². The normalized spacial score (nSPS) is 11.4. The second-order valence-corrected chi connectivity index (χ2v) is 17.8. The lowest BCUT2D eigenvalue weighted by molar-refractivity contribution is -0.697. The van der Waals surface area contributed by atoms with Crippen molar-refractivity contribution >= 4 is 0 Å². The molecule has 0 saturated carbocycles. The minimum atomic E-state index is 1.11. The average Bonchev–Trinajstić information content (AvgIpc) is 3.20. The highest BCUT2D eigenvalue weighted by atomic mass is 14.9. The Kier molecular flexibility index (Phi) is 18.1. The van der Waals surface area contributed by atoms with Crippen molar-refractivity contribution in [2.24, 2.45) is 0 Å². The first-order valence-corrected chi connectivity index (χ1v) is 23.0. The average molecular weight is 783 g/mol. The molecule has 5 rings (SSSR count). The van der Waals surface area contributed by atoms with Gasteiger partial charge < -0.3 is 0 Å². The van der Waals surface area contributed by atoms with Gasteiger partial charge in [0, 0.05) is 72.2 Å². The molecule has 0 spiro atoms. The van der Waals surface area contributed by atoms with Gasteiger partial charge in [0.1, 0.15) is 26.2 Å². The van der Waals surface area contributed by atoms with Crippen LogP contribution < -0.4 is 18.3 Å². The molecular formula is C54H78N4+4. The van der Waals surface area contributed by atoms with Crippen LogP contribution in [0.2, 0.25) is 0 Å². The molecule has 5 aromatic rings. The van der Waals surface area contributed by atoms with Crippen molar-refractivity contribution < 1.29 is 18.3 Å². The molecule has 4 heterocycles. The van der Waals surface area contributed by atoms with Gasteiger partial charge in [-0.15, -0.1) is 0 Å². The number of benzene rings is 1. The van der Waals surface area contributed by atoms with E-state index < -0.39 is 0 Å². The van der Waals surface area contributed by atoms with Crippen molar-refractivity contribution in [2.75, 3.05) is 0 Å². The Hall–Kier alpha value is -4.18. The molecule has 58 heavy (non-hydrogen) atoms. The number of pyridine rings is 4. The lowest BCUT2D eigenvalue weighted by Gasteiger charge is -2.17. The van der Waals surface area contributed by atoms with Crippen molar-refractivity contribution in [3.05, 3.63) is 153 Å². The molecule has 0 fully saturated rings. The fourth-order valence-corrected chi connectivity index (χ4v) is 8.36. The monoisotopic (exact) mass is 783 g/mol. The molecule has 0 aliphatic rings. The Morgan fingerprint density at radius 2 is 0.500 bits per heavy atom. The summed E-state index contributed by atoms with van der Waals surface area (Å²) in [5.74, 6) is 0. The minimum Gasteiger partial charge on any atom is -0.205 e. The summed E-state index contributed by atoms with van der Waals surface area (Å²) >= 11 is 0. The molecule has 0 bridgehead atoms. The highest BCUT2D eigenvalue weighted by Crippen LogP contribution is 2.25. The minimum absolute atomic E-state index is 1.11. The smallest absolute Gasteiger partial charge is 0.171 e. The van der Waals surface area contributed by atoms with Gasteiger partial charge in [0.15, 0.2) is 49.6 Å². The van der Waals surface area contributed by atoms with Gasteiger partial charge in [0.05, 0.1) is 0 Å². The molecule has 0 radical (unpaired) electrons. The first-order chi connectivity index (χ1) is 28.0. The van der Waals surface area contributed by atoms with Crippen LogP contribution in [-0.2, 0) is 51.9 Å². The summed E-state index contributed by atoms with van der Waals surface area (Å²) in [6, 6.07) is 14.4. The fourth-order valence-electron chi connectivity index (χ4n) is 8.36. The first-order valence-electron chi connectivity index (χ1n) is 23.0. The number of rotatable bonds is 24. The van der Waals surface area contributed by atoms with E-state index in [1.807, 2.05) is 0 Å². The predicted octanol–water partition coefficient (Wildman–Crippen LogP) is 11.0. The molecule has 0 aliphatic heterocycles. The van der Waals surface area contributed by atoms with E-state index in [-0.39, 0.29) is 0 Å². The molecule has 310 valence electrons. The molecule has 4 heteroatoms. The SMILES string of the molecule is Cc1cc[n+](CCCCCc2cc(CCCCC[n+]3ccc(C)c(C)c3)c(CCCCC[n+]3ccc(C)c(C)c3)cc2CCCCC[n+]2ccc(C)c(C)c2)cc1C. The molecule has 1 aromatic carbocycles. The maximum Gasteiger partial charge on any atom is 0.171 e. The number of aryl methyl sites for hydroxylation is 16. The van der Waals surface area contributed by atoms with Gasteiger partial charge in [-0.1, -0.05) is 12.1 Å². The highest BCUT2D eigenvalue weighted by molar-refractivity contribution is 5.39. The first kappa shape index (κ1) is 44.9. The van der Waals surface area contributed by atoms with Gasteiger partial charge in [-0.05, 0) is 177 Å². The Bertz CT molecular complexity index is 1750. The van der Waals surface area contributed by atoms with Crippen LogP contribution in [0.5, 0.6) is 0 Å². The van der Waals surface area contributed by atoms with Crippen molar-refractivity contribution in [2.45, 2.75) is 184 Å². The molecule has 0 unspecified atom stereocenters. The largest absolute Gasteiger partial charge is 0.205 e. The summed E-state index contributed by atoms with van der Waals surface area (Å²) in [7, 11) is 0. The summed E-state index contributed by atoms with van der Waals surface area (Å²) < 4.78 is 9.54. The molecule has 4 nitrogen and oxygen atoms in total. The molecule has 0 aliphatic carbocycles. The lowest BCUT2D eigenvalue weighted by Crippen LogP contribution is -2.33. The number of nitrogens with zero attached hydrogens (tertiary/aromatic N) is 4. The maximum absolute atomic E-state index is 2.69. The van der Waals surface area contributed by atoms with Gasteiger partial charge >= 0.3 is 0 Å². The third kappa shape index (κ3) is 14.6. The highest BCUT2D eigenvalue weighted by Gasteiger charge is 2.13. The van der Waals surface area contributed by atoms with Crippen LogP contribution in [-0.4, -0.2) is 0 Å². The van der Waals surface area contributed by atoms with Crippen LogP contribution in [0.3, 0.4) is 0 Å². The zero-order chi connectivity index (χ0) is 41.3. The van der Waals surface area contributed by atoms with E-state index in [1.165, 1.54) is 147 Å². The van der Waals surface area contributed by atoms with E-state index in [0.717, 1.165) is 26.2 Å². The molecule has 0 saturated heterocycles. The molecule has 0 atom stereocenters. The zero-order valence-corrected chi connectivity index (χ0v) is 38.0. The molecule has 0 amide bonds. The van der Waals surface area contributed by atoms with Crippen LogP contribution in [0, 0.1) is 55.4 Å². The standard InChI is InChI=1S/C54H78N4/c1-43-25-33-55(39-47(43)5)29-17-9-13-21-51-37-53(23-15-11-19-31-57-35-27-45(3)49(7)41-57)54(24-16-12-20-32-58-36-28-46(4)50(8)42-58)38-52(51)22-14-10-18-30-56-34-26-44(2)48(6)40-56/h25-28,33-42H,9-24,29-32H2,1-8H3/q+4. The number of aromatic nitrogens is 4. The lowest BCUT2D eigenvalue weighted by atomic mass is 9.88. The topological polar surface area (TPSA) is 15.5 Å². The van der Waals surface area contributed by atoms with Crippen molar-refractivity contribution in [3.8, 4) is 0 Å². The Balaban J connectivity index is 1.24. The van der Waals surface area contributed by atoms with E-state index >= 15 is 0 Å². The van der Waals surface area contributed by atoms with E-state index in [1.54, 1.807) is 22.3 Å². The van der Waals surface area contributed by atoms with Gasteiger partial charge in [-0.2, -0.15) is 0 Å². The Morgan fingerprint density at radius 1 is 0.276 bits per heavy atom. The third-order valence-corrected chi connectivity index (χ3v) is 13.0. The maximum atomic E-state index is 2.69. The van der Waals surface area contributed by atoms with E-state index in [0.29, 0.717) is 0 Å². The van der Waals surface area contributed by atoms with Crippen molar-refractivity contribution in [3.63, 3.8) is 0 Å². The van der Waals surface area contributed by atoms with Crippen LogP contribution >= 0.6 is 0 Å². The van der Waals surface area contributed by atoms with Crippen molar-refractivity contribution in [1.29, 1.82) is 0 Å². The number of hydrogen-bond donors (Lipinski definition) is 0. The fraction of sp³-hybridized carbons (Fsp3) is 0.519. The summed E-state index contributed by atoms with van der Waals surface area (Å²) in [5, 5.41) is 0. The van der Waals surface area contributed by atoms with E-state index in [9.17, 15) is 0 Å². The van der Waals surface area contributed by atoms with E-state index in [4.69, 9.17) is 0 Å². The van der Waals surface area contributed by atoms with Gasteiger partial charge in [0.25, 0.3) is 0 Å². The Morgan fingerprint density at radius 3 is 0.707 bits per heavy atom. The van der Waals surface area contributed by atoms with Crippen LogP contribution in [0.4, 0.5) is 0 Å². The second-order valence-electron chi connectivity index (χ2n) is 17.8. The van der Waals surface area contributed by atoms with E-state index in [2.05, 4.69) is 160 Å². The van der Waals surface area contributed by atoms with Crippen LogP contribution in [0.15, 0.2) is 86.0 Å². The van der Waals surface area contributed by atoms with Crippen LogP contribution in [0.1, 0.15) is 144 Å². The predicted molar refractivity (Wildman–Crippen MR) is 241 cm³/mol. The summed E-state index contributed by atoms with van der Waals surface area (Å²) in [5.41, 5.74) is 17.6. The van der Waals surface area contributed by atoms with Gasteiger partial charge in [0.2, 0.25) is 0 Å². The quantitative estimate of drug-likeness (QED) is 0.0438. The summed E-state index contributed by atoms with van der Waals surface area (Å²) in [6.45, 7) is 22.2. The third-order valence-electron chi connectivity index (χ3n) is 13.0. The summed E-state index contributed by atoms with van der Waals surface area (Å²) in [4.78, 5) is 0. The number of unbranched alkanes of at least 4 members (excludes halogenated alkanes) is 8. The van der Waals surface area contributed by atoms with Gasteiger partial charge in [-0.25, -0.2) is 18.3 Å². The molecule has 4 aromatic heterocycles. The molecule has 0 N–H and O–H groups in total. The second kappa shape index (κ2) is 23.4. The molecular weight excluding hydrogens is 705 g/mol. The van der Waals surface area contributed by atoms with Crippen molar-refractivity contribution in [1.82, 2.24) is 0 Å². The summed E-state index contributed by atoms with van der Waals surface area (Å²) in [6.07, 6.45) is 38.2. The number of hydrogen-bond acceptors (Lipinski definition) is 0. The zero-order valence-electron chi connectivity index (χ0n) is 38.0.